The Morgan fingerprint density at radius 1 is 0.862 bits per heavy atom. The van der Waals surface area contributed by atoms with Crippen molar-refractivity contribution in [3.8, 4) is 11.1 Å². The van der Waals surface area contributed by atoms with Crippen molar-refractivity contribution >= 4 is 0 Å². The molecule has 1 aromatic heterocycles. The van der Waals surface area contributed by atoms with Crippen molar-refractivity contribution in [1.82, 2.24) is 9.97 Å². The number of halogens is 1. The summed E-state index contributed by atoms with van der Waals surface area (Å²) >= 11 is 0. The number of aryl methyl sites for hydroxylation is 2. The highest BCUT2D eigenvalue weighted by Crippen LogP contribution is 2.34. The minimum absolute atomic E-state index is 0.391. The molecule has 0 N–H and O–H groups in total. The van der Waals surface area contributed by atoms with Gasteiger partial charge in [0.15, 0.2) is 0 Å². The largest absolute Gasteiger partial charge is 0.241 e. The summed E-state index contributed by atoms with van der Waals surface area (Å²) in [6.07, 6.45) is 16.6. The van der Waals surface area contributed by atoms with Crippen LogP contribution in [0.4, 0.5) is 4.39 Å². The Labute approximate surface area is 176 Å². The molecule has 0 unspecified atom stereocenters. The summed E-state index contributed by atoms with van der Waals surface area (Å²) in [6, 6.07) is 8.10. The number of aromatic nitrogens is 2. The molecule has 3 rings (SSSR count). The monoisotopic (exact) mass is 396 g/mol. The molecule has 1 heterocycles. The van der Waals surface area contributed by atoms with Crippen LogP contribution in [0.25, 0.3) is 11.1 Å². The lowest BCUT2D eigenvalue weighted by Gasteiger charge is -2.28. The SMILES string of the molecule is CCCCCC1CCC(CCc2ncc(-c3ccc(CCC)cc3)c(F)n2)CC1. The summed E-state index contributed by atoms with van der Waals surface area (Å²) in [6.45, 7) is 4.44. The summed E-state index contributed by atoms with van der Waals surface area (Å²) in [4.78, 5) is 8.65. The third kappa shape index (κ3) is 6.62. The van der Waals surface area contributed by atoms with Gasteiger partial charge < -0.3 is 0 Å². The Morgan fingerprint density at radius 2 is 1.55 bits per heavy atom. The zero-order valence-corrected chi connectivity index (χ0v) is 18.3. The van der Waals surface area contributed by atoms with E-state index in [0.717, 1.165) is 43.1 Å². The van der Waals surface area contributed by atoms with Gasteiger partial charge in [-0.1, -0.05) is 95.9 Å². The molecule has 0 bridgehead atoms. The Balaban J connectivity index is 1.48. The van der Waals surface area contributed by atoms with Gasteiger partial charge in [-0.15, -0.1) is 0 Å². The fourth-order valence-electron chi connectivity index (χ4n) is 4.67. The zero-order chi connectivity index (χ0) is 20.5. The molecule has 1 aromatic carbocycles. The van der Waals surface area contributed by atoms with E-state index < -0.39 is 5.95 Å². The van der Waals surface area contributed by atoms with E-state index in [2.05, 4.69) is 35.9 Å². The van der Waals surface area contributed by atoms with Crippen molar-refractivity contribution in [2.45, 2.75) is 90.9 Å². The summed E-state index contributed by atoms with van der Waals surface area (Å²) in [5.41, 5.74) is 2.65. The number of hydrogen-bond donors (Lipinski definition) is 0. The summed E-state index contributed by atoms with van der Waals surface area (Å²) < 4.78 is 14.6. The number of hydrogen-bond acceptors (Lipinski definition) is 2. The molecule has 158 valence electrons. The van der Waals surface area contributed by atoms with E-state index in [1.54, 1.807) is 6.20 Å². The van der Waals surface area contributed by atoms with E-state index >= 15 is 0 Å². The molecule has 2 nitrogen and oxygen atoms in total. The predicted octanol–water partition coefficient (Wildman–Crippen LogP) is 7.55. The lowest BCUT2D eigenvalue weighted by molar-refractivity contribution is 0.248. The Morgan fingerprint density at radius 3 is 2.17 bits per heavy atom. The van der Waals surface area contributed by atoms with Crippen LogP contribution in [0.2, 0.25) is 0 Å². The third-order valence-electron chi connectivity index (χ3n) is 6.55. The maximum atomic E-state index is 14.6. The molecule has 3 heteroatoms. The van der Waals surface area contributed by atoms with Crippen LogP contribution in [-0.2, 0) is 12.8 Å². The summed E-state index contributed by atoms with van der Waals surface area (Å²) in [7, 11) is 0. The van der Waals surface area contributed by atoms with E-state index in [9.17, 15) is 4.39 Å². The van der Waals surface area contributed by atoms with Crippen LogP contribution in [0.5, 0.6) is 0 Å². The van der Waals surface area contributed by atoms with Crippen molar-refractivity contribution in [2.24, 2.45) is 11.8 Å². The second-order valence-corrected chi connectivity index (χ2v) is 8.86. The van der Waals surface area contributed by atoms with E-state index in [-0.39, 0.29) is 0 Å². The van der Waals surface area contributed by atoms with Crippen LogP contribution < -0.4 is 0 Å². The molecule has 0 aliphatic heterocycles. The fraction of sp³-hybridized carbons (Fsp3) is 0.615. The first-order valence-electron chi connectivity index (χ1n) is 11.8. The molecule has 2 aromatic rings. The van der Waals surface area contributed by atoms with Gasteiger partial charge in [0.1, 0.15) is 5.82 Å². The summed E-state index contributed by atoms with van der Waals surface area (Å²) in [5, 5.41) is 0. The van der Waals surface area contributed by atoms with Gasteiger partial charge in [0.25, 0.3) is 0 Å². The third-order valence-corrected chi connectivity index (χ3v) is 6.55. The first-order chi connectivity index (χ1) is 14.2. The van der Waals surface area contributed by atoms with E-state index in [4.69, 9.17) is 0 Å². The van der Waals surface area contributed by atoms with Crippen LogP contribution in [-0.4, -0.2) is 9.97 Å². The lowest BCUT2D eigenvalue weighted by atomic mass is 9.78. The number of unbranched alkanes of at least 4 members (excludes halogenated alkanes) is 2. The minimum atomic E-state index is -0.391. The maximum absolute atomic E-state index is 14.6. The van der Waals surface area contributed by atoms with Crippen LogP contribution in [0.3, 0.4) is 0 Å². The van der Waals surface area contributed by atoms with Crippen molar-refractivity contribution in [2.75, 3.05) is 0 Å². The molecule has 0 saturated heterocycles. The second kappa shape index (κ2) is 11.4. The maximum Gasteiger partial charge on any atom is 0.224 e. The molecule has 1 fully saturated rings. The second-order valence-electron chi connectivity index (χ2n) is 8.86. The Hall–Kier alpha value is -1.77. The van der Waals surface area contributed by atoms with Crippen LogP contribution in [0.15, 0.2) is 30.5 Å². The van der Waals surface area contributed by atoms with Crippen molar-refractivity contribution in [1.29, 1.82) is 0 Å². The molecule has 1 saturated carbocycles. The Kier molecular flexibility index (Phi) is 8.64. The van der Waals surface area contributed by atoms with E-state index in [0.29, 0.717) is 11.4 Å². The van der Waals surface area contributed by atoms with Gasteiger partial charge in [0.2, 0.25) is 5.95 Å². The van der Waals surface area contributed by atoms with Gasteiger partial charge in [-0.2, -0.15) is 4.39 Å². The van der Waals surface area contributed by atoms with Crippen molar-refractivity contribution in [3.63, 3.8) is 0 Å². The zero-order valence-electron chi connectivity index (χ0n) is 18.3. The van der Waals surface area contributed by atoms with Gasteiger partial charge in [-0.3, -0.25) is 0 Å². The molecule has 1 aliphatic carbocycles. The fourth-order valence-corrected chi connectivity index (χ4v) is 4.67. The highest BCUT2D eigenvalue weighted by molar-refractivity contribution is 5.62. The van der Waals surface area contributed by atoms with Gasteiger partial charge in [0.05, 0.1) is 5.56 Å². The normalized spacial score (nSPS) is 19.4. The van der Waals surface area contributed by atoms with Crippen molar-refractivity contribution in [3.05, 3.63) is 47.8 Å². The molecule has 0 atom stereocenters. The average Bonchev–Trinajstić information content (AvgIpc) is 2.74. The number of nitrogens with zero attached hydrogens (tertiary/aromatic N) is 2. The topological polar surface area (TPSA) is 25.8 Å². The highest BCUT2D eigenvalue weighted by Gasteiger charge is 2.21. The predicted molar refractivity (Wildman–Crippen MR) is 119 cm³/mol. The smallest absolute Gasteiger partial charge is 0.224 e. The number of benzene rings is 1. The molecule has 0 spiro atoms. The minimum Gasteiger partial charge on any atom is -0.241 e. The van der Waals surface area contributed by atoms with E-state index in [1.165, 1.54) is 56.9 Å². The Bertz CT molecular complexity index is 733. The molecule has 1 aliphatic rings. The average molecular weight is 397 g/mol. The first kappa shape index (κ1) is 21.9. The van der Waals surface area contributed by atoms with Crippen LogP contribution >= 0.6 is 0 Å². The molecular weight excluding hydrogens is 359 g/mol. The molecule has 29 heavy (non-hydrogen) atoms. The quantitative estimate of drug-likeness (QED) is 0.306. The first-order valence-corrected chi connectivity index (χ1v) is 11.8. The van der Waals surface area contributed by atoms with Gasteiger partial charge in [-0.25, -0.2) is 9.97 Å². The molecule has 0 radical (unpaired) electrons. The van der Waals surface area contributed by atoms with Gasteiger partial charge in [0, 0.05) is 12.6 Å². The number of rotatable bonds is 10. The molecule has 0 amide bonds. The van der Waals surface area contributed by atoms with Crippen LogP contribution in [0.1, 0.15) is 89.4 Å². The van der Waals surface area contributed by atoms with Crippen molar-refractivity contribution < 1.29 is 4.39 Å². The standard InChI is InChI=1S/C26H37FN2/c1-3-5-6-8-21-9-11-22(12-10-21)15-18-25-28-19-24(26(27)29-25)23-16-13-20(7-4-2)14-17-23/h13-14,16-17,19,21-22H,3-12,15,18H2,1-2H3. The van der Waals surface area contributed by atoms with Gasteiger partial charge >= 0.3 is 0 Å². The van der Waals surface area contributed by atoms with Crippen LogP contribution in [0, 0.1) is 17.8 Å². The highest BCUT2D eigenvalue weighted by atomic mass is 19.1. The molecular formula is C26H37FN2. The van der Waals surface area contributed by atoms with Gasteiger partial charge in [-0.05, 0) is 35.8 Å². The van der Waals surface area contributed by atoms with E-state index in [1.807, 2.05) is 12.1 Å². The summed E-state index contributed by atoms with van der Waals surface area (Å²) in [5.74, 6) is 1.96. The lowest BCUT2D eigenvalue weighted by Crippen LogP contribution is -2.15.